The Kier molecular flexibility index (Phi) is 3.70. The van der Waals surface area contributed by atoms with Crippen LogP contribution in [0.3, 0.4) is 0 Å². The van der Waals surface area contributed by atoms with Gasteiger partial charge in [0.2, 0.25) is 0 Å². The number of rotatable bonds is 4. The van der Waals surface area contributed by atoms with Gasteiger partial charge in [0.15, 0.2) is 0 Å². The molecular formula is C10H13FO6. The second-order valence-electron chi connectivity index (χ2n) is 3.57. The molecule has 1 aromatic rings. The van der Waals surface area contributed by atoms with E-state index < -0.39 is 23.7 Å². The van der Waals surface area contributed by atoms with Gasteiger partial charge in [0.1, 0.15) is 17.7 Å². The summed E-state index contributed by atoms with van der Waals surface area (Å²) < 4.78 is 17.0. The summed E-state index contributed by atoms with van der Waals surface area (Å²) in [6.45, 7) is 0.926. The molecule has 0 aliphatic rings. The Morgan fingerprint density at radius 1 is 1.12 bits per heavy atom. The van der Waals surface area contributed by atoms with Gasteiger partial charge in [-0.3, -0.25) is 0 Å². The highest BCUT2D eigenvalue weighted by Gasteiger charge is 2.54. The van der Waals surface area contributed by atoms with Crippen molar-refractivity contribution in [2.75, 3.05) is 0 Å². The molecule has 0 spiro atoms. The average molecular weight is 248 g/mol. The fourth-order valence-electron chi connectivity index (χ4n) is 1.01. The molecule has 1 aromatic carbocycles. The zero-order valence-corrected chi connectivity index (χ0v) is 8.91. The van der Waals surface area contributed by atoms with E-state index in [1.54, 1.807) is 0 Å². The van der Waals surface area contributed by atoms with Gasteiger partial charge in [-0.15, -0.1) is 0 Å². The van der Waals surface area contributed by atoms with Crippen molar-refractivity contribution < 1.29 is 34.7 Å². The van der Waals surface area contributed by atoms with Gasteiger partial charge in [0.05, 0.1) is 0 Å². The molecule has 0 fully saturated rings. The lowest BCUT2D eigenvalue weighted by atomic mass is 10.1. The zero-order chi connectivity index (χ0) is 13.3. The lowest BCUT2D eigenvalue weighted by Crippen LogP contribution is -2.63. The van der Waals surface area contributed by atoms with E-state index in [4.69, 9.17) is 5.11 Å². The van der Waals surface area contributed by atoms with Crippen LogP contribution in [0, 0.1) is 5.82 Å². The van der Waals surface area contributed by atoms with Gasteiger partial charge in [-0.1, -0.05) is 0 Å². The molecule has 0 aliphatic heterocycles. The number of hydrogen-bond acceptors (Lipinski definition) is 6. The molecular weight excluding hydrogens is 235 g/mol. The lowest BCUT2D eigenvalue weighted by Gasteiger charge is -2.35. The molecule has 7 heteroatoms. The first-order valence-electron chi connectivity index (χ1n) is 4.69. The number of halogens is 1. The van der Waals surface area contributed by atoms with E-state index >= 15 is 0 Å². The van der Waals surface area contributed by atoms with Crippen LogP contribution in [-0.2, 0) is 0 Å². The molecule has 5 N–H and O–H groups in total. The van der Waals surface area contributed by atoms with Gasteiger partial charge in [0.25, 0.3) is 5.79 Å². The summed E-state index contributed by atoms with van der Waals surface area (Å²) in [7, 11) is 0. The fraction of sp³-hybridized carbons (Fsp3) is 0.400. The van der Waals surface area contributed by atoms with Crippen LogP contribution in [-0.4, -0.2) is 43.4 Å². The van der Waals surface area contributed by atoms with E-state index in [0.29, 0.717) is 0 Å². The third kappa shape index (κ3) is 2.90. The maximum Gasteiger partial charge on any atom is 0.382 e. The molecule has 0 aliphatic carbocycles. The number of ether oxygens (including phenoxy) is 1. The van der Waals surface area contributed by atoms with Crippen LogP contribution in [0.1, 0.15) is 6.92 Å². The summed E-state index contributed by atoms with van der Waals surface area (Å²) in [6.07, 6.45) is -1.89. The lowest BCUT2D eigenvalue weighted by molar-refractivity contribution is -0.450. The van der Waals surface area contributed by atoms with Gasteiger partial charge in [-0.25, -0.2) is 4.39 Å². The van der Waals surface area contributed by atoms with Crippen LogP contribution in [0.2, 0.25) is 0 Å². The Morgan fingerprint density at radius 2 is 1.59 bits per heavy atom. The Morgan fingerprint density at radius 3 is 2.00 bits per heavy atom. The van der Waals surface area contributed by atoms with Crippen LogP contribution in [0.15, 0.2) is 24.3 Å². The van der Waals surface area contributed by atoms with E-state index in [0.717, 1.165) is 31.2 Å². The Balaban J connectivity index is 2.89. The van der Waals surface area contributed by atoms with Crippen molar-refractivity contribution in [1.82, 2.24) is 0 Å². The molecule has 0 bridgehead atoms. The van der Waals surface area contributed by atoms with Gasteiger partial charge in [-0.05, 0) is 31.2 Å². The van der Waals surface area contributed by atoms with Crippen LogP contribution in [0.4, 0.5) is 4.39 Å². The first kappa shape index (κ1) is 13.8. The van der Waals surface area contributed by atoms with E-state index in [1.165, 1.54) is 0 Å². The second kappa shape index (κ2) is 4.55. The van der Waals surface area contributed by atoms with E-state index in [9.17, 15) is 24.8 Å². The molecule has 0 amide bonds. The molecule has 6 nitrogen and oxygen atoms in total. The molecule has 0 heterocycles. The average Bonchev–Trinajstić information content (AvgIpc) is 2.20. The SMILES string of the molecule is CC(O)C(O)(O)C(O)(O)Oc1ccc(F)cc1. The van der Waals surface area contributed by atoms with E-state index in [-0.39, 0.29) is 5.75 Å². The van der Waals surface area contributed by atoms with Crippen molar-refractivity contribution in [3.8, 4) is 5.75 Å². The summed E-state index contributed by atoms with van der Waals surface area (Å²) >= 11 is 0. The maximum absolute atomic E-state index is 12.6. The first-order valence-corrected chi connectivity index (χ1v) is 4.69. The van der Waals surface area contributed by atoms with Crippen molar-refractivity contribution in [2.45, 2.75) is 24.8 Å². The molecule has 1 unspecified atom stereocenters. The van der Waals surface area contributed by atoms with E-state index in [2.05, 4.69) is 4.74 Å². The monoisotopic (exact) mass is 248 g/mol. The predicted molar refractivity (Wildman–Crippen MR) is 53.0 cm³/mol. The molecule has 1 rings (SSSR count). The number of aliphatic hydroxyl groups is 5. The fourth-order valence-corrected chi connectivity index (χ4v) is 1.01. The summed E-state index contributed by atoms with van der Waals surface area (Å²) in [5, 5.41) is 46.1. The van der Waals surface area contributed by atoms with Crippen LogP contribution in [0.25, 0.3) is 0 Å². The zero-order valence-electron chi connectivity index (χ0n) is 8.91. The minimum absolute atomic E-state index is 0.218. The van der Waals surface area contributed by atoms with Crippen LogP contribution in [0.5, 0.6) is 5.75 Å². The number of benzene rings is 1. The molecule has 0 radical (unpaired) electrons. The quantitative estimate of drug-likeness (QED) is 0.433. The van der Waals surface area contributed by atoms with Crippen molar-refractivity contribution in [3.05, 3.63) is 30.1 Å². The molecule has 0 saturated carbocycles. The minimum Gasteiger partial charge on any atom is -0.435 e. The van der Waals surface area contributed by atoms with Crippen molar-refractivity contribution >= 4 is 0 Å². The normalized spacial score (nSPS) is 14.5. The second-order valence-corrected chi connectivity index (χ2v) is 3.57. The van der Waals surface area contributed by atoms with Gasteiger partial charge < -0.3 is 30.3 Å². The molecule has 0 saturated heterocycles. The Hall–Kier alpha value is -1.25. The third-order valence-corrected chi connectivity index (χ3v) is 2.14. The minimum atomic E-state index is -3.45. The van der Waals surface area contributed by atoms with Crippen molar-refractivity contribution in [3.63, 3.8) is 0 Å². The highest BCUT2D eigenvalue weighted by molar-refractivity contribution is 5.22. The van der Waals surface area contributed by atoms with Gasteiger partial charge in [-0.2, -0.15) is 0 Å². The first-order chi connectivity index (χ1) is 7.67. The maximum atomic E-state index is 12.6. The number of hydrogen-bond donors (Lipinski definition) is 5. The smallest absolute Gasteiger partial charge is 0.382 e. The molecule has 17 heavy (non-hydrogen) atoms. The summed E-state index contributed by atoms with van der Waals surface area (Å²) in [6, 6.07) is 4.05. The van der Waals surface area contributed by atoms with Gasteiger partial charge in [0, 0.05) is 0 Å². The highest BCUT2D eigenvalue weighted by Crippen LogP contribution is 2.25. The van der Waals surface area contributed by atoms with Crippen LogP contribution < -0.4 is 4.74 Å². The highest BCUT2D eigenvalue weighted by atomic mass is 19.1. The standard InChI is InChI=1S/C10H13FO6/c1-6(12)9(13,14)10(15,16)17-8-4-2-7(11)3-5-8/h2-6,12-16H,1H3. The summed E-state index contributed by atoms with van der Waals surface area (Å²) in [5.41, 5.74) is 0. The topological polar surface area (TPSA) is 110 Å². The molecule has 1 atom stereocenters. The predicted octanol–water partition coefficient (Wildman–Crippen LogP) is -1.10. The molecule has 0 aromatic heterocycles. The number of aliphatic hydroxyl groups excluding tert-OH is 1. The largest absolute Gasteiger partial charge is 0.435 e. The Labute approximate surface area is 96.1 Å². The van der Waals surface area contributed by atoms with E-state index in [1.807, 2.05) is 0 Å². The van der Waals surface area contributed by atoms with Crippen molar-refractivity contribution in [1.29, 1.82) is 0 Å². The van der Waals surface area contributed by atoms with Gasteiger partial charge >= 0.3 is 5.97 Å². The molecule has 96 valence electrons. The van der Waals surface area contributed by atoms with Crippen LogP contribution >= 0.6 is 0 Å². The third-order valence-electron chi connectivity index (χ3n) is 2.14. The van der Waals surface area contributed by atoms with Crippen molar-refractivity contribution in [2.24, 2.45) is 0 Å². The summed E-state index contributed by atoms with van der Waals surface area (Å²) in [4.78, 5) is 0. The Bertz CT molecular complexity index is 373. The summed E-state index contributed by atoms with van der Waals surface area (Å²) in [5.74, 6) is -7.54.